The molecule has 1 aliphatic heterocycles. The highest BCUT2D eigenvalue weighted by Crippen LogP contribution is 2.24. The summed E-state index contributed by atoms with van der Waals surface area (Å²) in [5.74, 6) is 6.50. The molecule has 0 bridgehead atoms. The van der Waals surface area contributed by atoms with E-state index in [-0.39, 0.29) is 11.8 Å². The maximum atomic E-state index is 12.7. The Hall–Kier alpha value is -2.64. The minimum atomic E-state index is 0.0384. The molecule has 2 heterocycles. The molecule has 3 rings (SSSR count). The molecule has 150 valence electrons. The topological polar surface area (TPSA) is 101 Å². The summed E-state index contributed by atoms with van der Waals surface area (Å²) in [5, 5.41) is 6.43. The minimum Gasteiger partial charge on any atom is -0.403 e. The monoisotopic (exact) mass is 382 g/mol. The van der Waals surface area contributed by atoms with Gasteiger partial charge in [-0.15, -0.1) is 0 Å². The van der Waals surface area contributed by atoms with E-state index in [2.05, 4.69) is 29.0 Å². The number of anilines is 1. The molecule has 1 fully saturated rings. The number of piperidine rings is 1. The normalized spacial score (nSPS) is 16.5. The molecule has 1 aromatic heterocycles. The summed E-state index contributed by atoms with van der Waals surface area (Å²) >= 11 is 0. The Morgan fingerprint density at radius 1 is 1.29 bits per heavy atom. The van der Waals surface area contributed by atoms with Crippen molar-refractivity contribution in [2.45, 2.75) is 32.7 Å². The molecular weight excluding hydrogens is 352 g/mol. The summed E-state index contributed by atoms with van der Waals surface area (Å²) < 4.78 is 0. The lowest BCUT2D eigenvalue weighted by molar-refractivity contribution is -0.121. The van der Waals surface area contributed by atoms with Crippen molar-refractivity contribution in [3.63, 3.8) is 0 Å². The standard InChI is InChI=1S/C21H30N6O/c1-14(2)27-8-6-15(7-9-27)21(28)25-20-11-18-10-16(19(12-22)26(3)23)4-5-17(18)13-24-20/h4-5,10-15H,6-9,22-23H2,1-3H3,(H,24,25,28)/b19-12-. The number of aromatic nitrogens is 1. The molecule has 0 radical (unpaired) electrons. The predicted octanol–water partition coefficient (Wildman–Crippen LogP) is 2.36. The zero-order chi connectivity index (χ0) is 20.3. The lowest BCUT2D eigenvalue weighted by Crippen LogP contribution is -2.41. The van der Waals surface area contributed by atoms with Crippen molar-refractivity contribution in [2.75, 3.05) is 25.5 Å². The number of carbonyl (C=O) groups excluding carboxylic acids is 1. The van der Waals surface area contributed by atoms with Crippen molar-refractivity contribution in [1.82, 2.24) is 14.9 Å². The number of amides is 1. The second kappa shape index (κ2) is 8.58. The van der Waals surface area contributed by atoms with Crippen molar-refractivity contribution in [3.05, 3.63) is 42.2 Å². The van der Waals surface area contributed by atoms with Crippen LogP contribution in [-0.4, -0.2) is 47.0 Å². The van der Waals surface area contributed by atoms with E-state index in [0.717, 1.165) is 48.0 Å². The van der Waals surface area contributed by atoms with Crippen LogP contribution in [0.4, 0.5) is 5.82 Å². The summed E-state index contributed by atoms with van der Waals surface area (Å²) in [5.41, 5.74) is 7.33. The van der Waals surface area contributed by atoms with Gasteiger partial charge in [0.1, 0.15) is 5.82 Å². The van der Waals surface area contributed by atoms with Crippen LogP contribution in [0.1, 0.15) is 32.3 Å². The quantitative estimate of drug-likeness (QED) is 0.542. The second-order valence-electron chi connectivity index (χ2n) is 7.69. The Bertz CT molecular complexity index is 868. The van der Waals surface area contributed by atoms with Gasteiger partial charge in [0.05, 0.1) is 5.70 Å². The Balaban J connectivity index is 1.74. The number of nitrogens with one attached hydrogen (secondary N) is 1. The fourth-order valence-electron chi connectivity index (χ4n) is 3.69. The van der Waals surface area contributed by atoms with Gasteiger partial charge < -0.3 is 21.0 Å². The predicted molar refractivity (Wildman–Crippen MR) is 114 cm³/mol. The van der Waals surface area contributed by atoms with Gasteiger partial charge in [-0.05, 0) is 57.3 Å². The van der Waals surface area contributed by atoms with Gasteiger partial charge in [0.25, 0.3) is 0 Å². The molecule has 7 nitrogen and oxygen atoms in total. The molecule has 28 heavy (non-hydrogen) atoms. The molecule has 0 unspecified atom stereocenters. The average molecular weight is 383 g/mol. The molecular formula is C21H30N6O. The summed E-state index contributed by atoms with van der Waals surface area (Å²) in [6.45, 7) is 6.32. The number of carbonyl (C=O) groups is 1. The minimum absolute atomic E-state index is 0.0384. The van der Waals surface area contributed by atoms with Crippen molar-refractivity contribution < 1.29 is 4.79 Å². The number of nitrogens with two attached hydrogens (primary N) is 2. The van der Waals surface area contributed by atoms with Crippen LogP contribution in [0.5, 0.6) is 0 Å². The van der Waals surface area contributed by atoms with Crippen molar-refractivity contribution >= 4 is 28.2 Å². The van der Waals surface area contributed by atoms with Crippen LogP contribution in [-0.2, 0) is 4.79 Å². The Morgan fingerprint density at radius 3 is 2.61 bits per heavy atom. The van der Waals surface area contributed by atoms with Gasteiger partial charge in [-0.1, -0.05) is 12.1 Å². The Kier molecular flexibility index (Phi) is 6.16. The van der Waals surface area contributed by atoms with Gasteiger partial charge in [0, 0.05) is 42.4 Å². The second-order valence-corrected chi connectivity index (χ2v) is 7.69. The van der Waals surface area contributed by atoms with Crippen molar-refractivity contribution in [1.29, 1.82) is 0 Å². The molecule has 7 heteroatoms. The van der Waals surface area contributed by atoms with E-state index in [4.69, 9.17) is 11.6 Å². The number of hydrogen-bond donors (Lipinski definition) is 3. The van der Waals surface area contributed by atoms with Crippen LogP contribution in [0, 0.1) is 5.92 Å². The first-order valence-corrected chi connectivity index (χ1v) is 9.74. The van der Waals surface area contributed by atoms with Gasteiger partial charge in [-0.3, -0.25) is 4.79 Å². The van der Waals surface area contributed by atoms with Gasteiger partial charge in [0.15, 0.2) is 0 Å². The highest BCUT2D eigenvalue weighted by atomic mass is 16.1. The van der Waals surface area contributed by atoms with Crippen LogP contribution in [0.2, 0.25) is 0 Å². The van der Waals surface area contributed by atoms with Gasteiger partial charge >= 0.3 is 0 Å². The SMILES string of the molecule is CC(C)N1CCC(C(=O)Nc2cc3cc(/C(=C/N)N(C)N)ccc3cn2)CC1. The van der Waals surface area contributed by atoms with E-state index in [1.54, 1.807) is 13.2 Å². The highest BCUT2D eigenvalue weighted by molar-refractivity contribution is 5.94. The average Bonchev–Trinajstić information content (AvgIpc) is 2.68. The van der Waals surface area contributed by atoms with E-state index in [1.807, 2.05) is 24.3 Å². The smallest absolute Gasteiger partial charge is 0.228 e. The number of likely N-dealkylation sites (tertiary alicyclic amines) is 1. The summed E-state index contributed by atoms with van der Waals surface area (Å²) in [6, 6.07) is 8.34. The molecule has 0 aliphatic carbocycles. The number of rotatable bonds is 5. The number of hydrogen-bond acceptors (Lipinski definition) is 6. The number of fused-ring (bicyclic) bond motifs is 1. The lowest BCUT2D eigenvalue weighted by Gasteiger charge is -2.33. The maximum Gasteiger partial charge on any atom is 0.228 e. The Labute approximate surface area is 166 Å². The fourth-order valence-corrected chi connectivity index (χ4v) is 3.69. The molecule has 1 amide bonds. The third-order valence-electron chi connectivity index (χ3n) is 5.44. The van der Waals surface area contributed by atoms with Gasteiger partial charge in [-0.2, -0.15) is 0 Å². The molecule has 0 atom stereocenters. The van der Waals surface area contributed by atoms with Gasteiger partial charge in [-0.25, -0.2) is 10.8 Å². The zero-order valence-corrected chi connectivity index (χ0v) is 16.9. The highest BCUT2D eigenvalue weighted by Gasteiger charge is 2.26. The summed E-state index contributed by atoms with van der Waals surface area (Å²) in [6.07, 6.45) is 5.02. The number of nitrogens with zero attached hydrogens (tertiary/aromatic N) is 3. The molecule has 2 aromatic rings. The number of benzene rings is 1. The van der Waals surface area contributed by atoms with E-state index in [1.165, 1.54) is 11.2 Å². The van der Waals surface area contributed by atoms with E-state index >= 15 is 0 Å². The van der Waals surface area contributed by atoms with Crippen LogP contribution in [0.3, 0.4) is 0 Å². The first-order valence-electron chi connectivity index (χ1n) is 9.74. The van der Waals surface area contributed by atoms with Crippen LogP contribution in [0.15, 0.2) is 36.7 Å². The lowest BCUT2D eigenvalue weighted by atomic mass is 9.95. The van der Waals surface area contributed by atoms with Crippen molar-refractivity contribution in [2.24, 2.45) is 17.5 Å². The first kappa shape index (κ1) is 20.1. The third-order valence-corrected chi connectivity index (χ3v) is 5.44. The Morgan fingerprint density at radius 2 is 2.00 bits per heavy atom. The van der Waals surface area contributed by atoms with Crippen LogP contribution < -0.4 is 16.9 Å². The first-order chi connectivity index (χ1) is 13.4. The van der Waals surface area contributed by atoms with E-state index < -0.39 is 0 Å². The van der Waals surface area contributed by atoms with Crippen LogP contribution in [0.25, 0.3) is 16.5 Å². The zero-order valence-electron chi connectivity index (χ0n) is 16.9. The van der Waals surface area contributed by atoms with E-state index in [0.29, 0.717) is 11.9 Å². The third kappa shape index (κ3) is 4.43. The summed E-state index contributed by atoms with van der Waals surface area (Å²) in [7, 11) is 1.74. The summed E-state index contributed by atoms with van der Waals surface area (Å²) in [4.78, 5) is 19.5. The molecule has 5 N–H and O–H groups in total. The number of pyridine rings is 1. The molecule has 0 saturated carbocycles. The molecule has 1 aromatic carbocycles. The number of hydrazine groups is 1. The van der Waals surface area contributed by atoms with E-state index in [9.17, 15) is 4.79 Å². The largest absolute Gasteiger partial charge is 0.403 e. The molecule has 1 saturated heterocycles. The molecule has 0 spiro atoms. The fraction of sp³-hybridized carbons (Fsp3) is 0.429. The molecule has 1 aliphatic rings. The van der Waals surface area contributed by atoms with Crippen LogP contribution >= 0.6 is 0 Å². The van der Waals surface area contributed by atoms with Crippen molar-refractivity contribution in [3.8, 4) is 0 Å². The van der Waals surface area contributed by atoms with Gasteiger partial charge in [0.2, 0.25) is 5.91 Å². The maximum absolute atomic E-state index is 12.7.